The molecule has 2 atom stereocenters. The van der Waals surface area contributed by atoms with Crippen molar-refractivity contribution in [3.05, 3.63) is 23.8 Å². The Balaban J connectivity index is 2.94. The lowest BCUT2D eigenvalue weighted by molar-refractivity contribution is 0.169. The van der Waals surface area contributed by atoms with Gasteiger partial charge in [0.1, 0.15) is 0 Å². The molecule has 1 rings (SSSR count). The van der Waals surface area contributed by atoms with Crippen LogP contribution in [0.25, 0.3) is 0 Å². The van der Waals surface area contributed by atoms with Gasteiger partial charge in [-0.2, -0.15) is 0 Å². The molecule has 0 heterocycles. The van der Waals surface area contributed by atoms with E-state index in [1.54, 1.807) is 6.08 Å². The molecule has 1 nitrogen and oxygen atoms in total. The van der Waals surface area contributed by atoms with Crippen molar-refractivity contribution in [2.45, 2.75) is 65.4 Å². The molecule has 1 aliphatic carbocycles. The zero-order chi connectivity index (χ0) is 15.9. The van der Waals surface area contributed by atoms with Gasteiger partial charge in [0, 0.05) is 17.9 Å². The molecular formula is C19H29ClO. The van der Waals surface area contributed by atoms with Crippen LogP contribution in [0, 0.1) is 23.2 Å². The number of alkyl halides is 1. The van der Waals surface area contributed by atoms with Gasteiger partial charge in [-0.05, 0) is 49.0 Å². The Morgan fingerprint density at radius 3 is 2.76 bits per heavy atom. The van der Waals surface area contributed by atoms with Gasteiger partial charge in [-0.15, -0.1) is 18.2 Å². The number of hydrogen-bond acceptors (Lipinski definition) is 1. The van der Waals surface area contributed by atoms with Crippen LogP contribution in [0.1, 0.15) is 59.3 Å². The minimum absolute atomic E-state index is 0.275. The molecule has 0 aromatic heterocycles. The van der Waals surface area contributed by atoms with Crippen LogP contribution < -0.4 is 0 Å². The van der Waals surface area contributed by atoms with E-state index in [2.05, 4.69) is 39.2 Å². The van der Waals surface area contributed by atoms with Crippen LogP contribution >= 0.6 is 11.6 Å². The van der Waals surface area contributed by atoms with Crippen molar-refractivity contribution < 1.29 is 5.11 Å². The van der Waals surface area contributed by atoms with E-state index in [4.69, 9.17) is 11.6 Å². The fourth-order valence-electron chi connectivity index (χ4n) is 2.81. The number of hydrogen-bond donors (Lipinski definition) is 1. The zero-order valence-electron chi connectivity index (χ0n) is 13.7. The first-order valence-electron chi connectivity index (χ1n) is 7.95. The number of aliphatic hydroxyl groups is 1. The molecule has 0 aromatic carbocycles. The molecule has 0 radical (unpaired) electrons. The van der Waals surface area contributed by atoms with Gasteiger partial charge >= 0.3 is 0 Å². The van der Waals surface area contributed by atoms with Gasteiger partial charge in [-0.1, -0.05) is 38.7 Å². The molecule has 0 saturated carbocycles. The molecule has 118 valence electrons. The predicted molar refractivity (Wildman–Crippen MR) is 92.4 cm³/mol. The second kappa shape index (κ2) is 8.66. The third-order valence-corrected chi connectivity index (χ3v) is 4.56. The topological polar surface area (TPSA) is 20.2 Å². The van der Waals surface area contributed by atoms with Crippen molar-refractivity contribution in [3.63, 3.8) is 0 Å². The third-order valence-electron chi connectivity index (χ3n) is 4.29. The number of allylic oxidation sites excluding steroid dienone is 1. The molecule has 2 unspecified atom stereocenters. The Morgan fingerprint density at radius 2 is 2.19 bits per heavy atom. The summed E-state index contributed by atoms with van der Waals surface area (Å²) in [6.45, 7) is 10.6. The summed E-state index contributed by atoms with van der Waals surface area (Å²) in [6, 6.07) is 0. The van der Waals surface area contributed by atoms with Crippen molar-refractivity contribution in [3.8, 4) is 11.8 Å². The summed E-state index contributed by atoms with van der Waals surface area (Å²) in [5.41, 5.74) is 2.57. The van der Waals surface area contributed by atoms with Crippen LogP contribution in [0.2, 0.25) is 0 Å². The SMILES string of the molecule is C=CCC(O)C1=C(C#CCCCCl)CCC(C(C)(C)C)C1. The van der Waals surface area contributed by atoms with Crippen molar-refractivity contribution >= 4 is 11.6 Å². The van der Waals surface area contributed by atoms with E-state index in [0.29, 0.717) is 18.2 Å². The Labute approximate surface area is 135 Å². The molecule has 0 aliphatic heterocycles. The lowest BCUT2D eigenvalue weighted by Crippen LogP contribution is -2.27. The highest BCUT2D eigenvalue weighted by Crippen LogP contribution is 2.41. The maximum Gasteiger partial charge on any atom is 0.0796 e. The second-order valence-electron chi connectivity index (χ2n) is 6.94. The van der Waals surface area contributed by atoms with Gasteiger partial charge in [0.15, 0.2) is 0 Å². The van der Waals surface area contributed by atoms with Gasteiger partial charge < -0.3 is 5.11 Å². The molecule has 0 amide bonds. The Bertz CT molecular complexity index is 431. The molecule has 21 heavy (non-hydrogen) atoms. The lowest BCUT2D eigenvalue weighted by Gasteiger charge is -2.36. The molecule has 1 aliphatic rings. The molecular weight excluding hydrogens is 280 g/mol. The van der Waals surface area contributed by atoms with Crippen LogP contribution in [0.3, 0.4) is 0 Å². The van der Waals surface area contributed by atoms with Crippen LogP contribution in [0.15, 0.2) is 23.8 Å². The first-order chi connectivity index (χ1) is 9.90. The minimum atomic E-state index is -0.426. The van der Waals surface area contributed by atoms with E-state index >= 15 is 0 Å². The van der Waals surface area contributed by atoms with Crippen LogP contribution in [0.4, 0.5) is 0 Å². The van der Waals surface area contributed by atoms with Crippen molar-refractivity contribution in [2.24, 2.45) is 11.3 Å². The molecule has 0 saturated heterocycles. The second-order valence-corrected chi connectivity index (χ2v) is 7.32. The summed E-state index contributed by atoms with van der Waals surface area (Å²) in [5.74, 6) is 7.77. The van der Waals surface area contributed by atoms with E-state index in [0.717, 1.165) is 43.3 Å². The predicted octanol–water partition coefficient (Wildman–Crippen LogP) is 5.09. The Hall–Kier alpha value is -0.710. The summed E-state index contributed by atoms with van der Waals surface area (Å²) in [7, 11) is 0. The van der Waals surface area contributed by atoms with Crippen molar-refractivity contribution in [1.29, 1.82) is 0 Å². The summed E-state index contributed by atoms with van der Waals surface area (Å²) in [4.78, 5) is 0. The minimum Gasteiger partial charge on any atom is -0.388 e. The highest BCUT2D eigenvalue weighted by Gasteiger charge is 2.31. The zero-order valence-corrected chi connectivity index (χ0v) is 14.5. The van der Waals surface area contributed by atoms with E-state index in [1.807, 2.05) is 0 Å². The third kappa shape index (κ3) is 5.89. The molecule has 0 aromatic rings. The Kier molecular flexibility index (Phi) is 7.57. The largest absolute Gasteiger partial charge is 0.388 e. The fraction of sp³-hybridized carbons (Fsp3) is 0.684. The van der Waals surface area contributed by atoms with E-state index in [-0.39, 0.29) is 5.41 Å². The van der Waals surface area contributed by atoms with Gasteiger partial charge in [-0.3, -0.25) is 0 Å². The van der Waals surface area contributed by atoms with E-state index in [9.17, 15) is 5.11 Å². The van der Waals surface area contributed by atoms with Gasteiger partial charge in [0.05, 0.1) is 6.10 Å². The maximum atomic E-state index is 10.4. The van der Waals surface area contributed by atoms with Gasteiger partial charge in [0.2, 0.25) is 0 Å². The summed E-state index contributed by atoms with van der Waals surface area (Å²) >= 11 is 5.68. The highest BCUT2D eigenvalue weighted by molar-refractivity contribution is 6.17. The summed E-state index contributed by atoms with van der Waals surface area (Å²) < 4.78 is 0. The maximum absolute atomic E-state index is 10.4. The molecule has 2 heteroatoms. The van der Waals surface area contributed by atoms with Gasteiger partial charge in [0.25, 0.3) is 0 Å². The van der Waals surface area contributed by atoms with Gasteiger partial charge in [-0.25, -0.2) is 0 Å². The molecule has 0 bridgehead atoms. The van der Waals surface area contributed by atoms with E-state index < -0.39 is 6.10 Å². The van der Waals surface area contributed by atoms with Crippen molar-refractivity contribution in [2.75, 3.05) is 5.88 Å². The average molecular weight is 309 g/mol. The quantitative estimate of drug-likeness (QED) is 0.325. The fourth-order valence-corrected chi connectivity index (χ4v) is 2.95. The number of rotatable bonds is 5. The van der Waals surface area contributed by atoms with Crippen LogP contribution in [-0.2, 0) is 0 Å². The molecule has 0 spiro atoms. The normalized spacial score (nSPS) is 20.7. The number of aliphatic hydroxyl groups excluding tert-OH is 1. The number of halogens is 1. The molecule has 1 N–H and O–H groups in total. The first kappa shape index (κ1) is 18.3. The van der Waals surface area contributed by atoms with Crippen LogP contribution in [0.5, 0.6) is 0 Å². The van der Waals surface area contributed by atoms with Crippen LogP contribution in [-0.4, -0.2) is 17.1 Å². The lowest BCUT2D eigenvalue weighted by atomic mass is 9.69. The standard InChI is InChI=1S/C19H29ClO/c1-5-9-18(21)17-14-16(19(2,3)4)12-11-15(17)10-7-6-8-13-20/h5,16,18,21H,1,6,8-9,11-14H2,2-4H3. The van der Waals surface area contributed by atoms with E-state index in [1.165, 1.54) is 0 Å². The smallest absolute Gasteiger partial charge is 0.0796 e. The number of unbranched alkanes of at least 4 members (excludes halogenated alkanes) is 1. The summed E-state index contributed by atoms with van der Waals surface area (Å²) in [6.07, 6.45) is 6.84. The Morgan fingerprint density at radius 1 is 1.48 bits per heavy atom. The first-order valence-corrected chi connectivity index (χ1v) is 8.49. The monoisotopic (exact) mass is 308 g/mol. The highest BCUT2D eigenvalue weighted by atomic mass is 35.5. The molecule has 0 fully saturated rings. The average Bonchev–Trinajstić information content (AvgIpc) is 2.43. The summed E-state index contributed by atoms with van der Waals surface area (Å²) in [5, 5.41) is 10.4. The van der Waals surface area contributed by atoms with Crippen molar-refractivity contribution in [1.82, 2.24) is 0 Å².